The molecule has 0 aliphatic heterocycles. The normalized spacial score (nSPS) is 11.7. The van der Waals surface area contributed by atoms with Crippen LogP contribution < -0.4 is 10.9 Å². The number of aryl methyl sites for hydroxylation is 1. The van der Waals surface area contributed by atoms with Crippen LogP contribution >= 0.6 is 31.9 Å². The third-order valence-corrected chi connectivity index (χ3v) is 4.54. The number of rotatable bonds is 2. The lowest BCUT2D eigenvalue weighted by molar-refractivity contribution is 0.102. The van der Waals surface area contributed by atoms with E-state index in [-0.39, 0.29) is 11.1 Å². The second kappa shape index (κ2) is 6.78. The van der Waals surface area contributed by atoms with Gasteiger partial charge >= 0.3 is 0 Å². The van der Waals surface area contributed by atoms with Crippen LogP contribution in [0.3, 0.4) is 0 Å². The molecule has 2 N–H and O–H groups in total. The minimum absolute atomic E-state index is 0.137. The van der Waals surface area contributed by atoms with Crippen LogP contribution in [0.4, 0.5) is 5.69 Å². The predicted molar refractivity (Wildman–Crippen MR) is 98.1 cm³/mol. The lowest BCUT2D eigenvalue weighted by Crippen LogP contribution is -2.22. The molecule has 24 heavy (non-hydrogen) atoms. The number of anilines is 1. The molecule has 3 rings (SSSR count). The van der Waals surface area contributed by atoms with E-state index in [2.05, 4.69) is 42.3 Å². The van der Waals surface area contributed by atoms with E-state index in [0.717, 1.165) is 10.0 Å². The van der Waals surface area contributed by atoms with Gasteiger partial charge in [0.25, 0.3) is 11.5 Å². The van der Waals surface area contributed by atoms with Gasteiger partial charge in [0.05, 0.1) is 4.47 Å². The molecule has 0 saturated heterocycles. The molecule has 0 atom stereocenters. The molecule has 0 bridgehead atoms. The van der Waals surface area contributed by atoms with Gasteiger partial charge in [-0.3, -0.25) is 4.79 Å². The Hall–Kier alpha value is -2.12. The molecule has 0 spiro atoms. The molecule has 0 radical (unpaired) electrons. The Labute approximate surface area is 154 Å². The molecule has 2 aromatic carbocycles. The maximum Gasteiger partial charge on any atom is 0.268 e. The van der Waals surface area contributed by atoms with Crippen LogP contribution in [0.15, 0.2) is 61.0 Å². The van der Waals surface area contributed by atoms with Crippen LogP contribution in [0.1, 0.15) is 15.9 Å². The summed E-state index contributed by atoms with van der Waals surface area (Å²) in [7, 11) is 0. The van der Waals surface area contributed by atoms with Gasteiger partial charge in [-0.2, -0.15) is 0 Å². The average Bonchev–Trinajstić information content (AvgIpc) is 2.55. The van der Waals surface area contributed by atoms with Crippen LogP contribution in [0, 0.1) is 6.92 Å². The Morgan fingerprint density at radius 2 is 1.96 bits per heavy atom. The highest BCUT2D eigenvalue weighted by molar-refractivity contribution is 9.11. The molecule has 0 fully saturated rings. The molecule has 7 heteroatoms. The summed E-state index contributed by atoms with van der Waals surface area (Å²) >= 11 is 6.79. The van der Waals surface area contributed by atoms with E-state index >= 15 is 0 Å². The second-order valence-corrected chi connectivity index (χ2v) is 6.91. The van der Waals surface area contributed by atoms with Crippen molar-refractivity contribution in [1.82, 2.24) is 0 Å². The predicted octanol–water partition coefficient (Wildman–Crippen LogP) is 4.81. The second-order valence-electron chi connectivity index (χ2n) is 5.14. The largest absolute Gasteiger partial charge is 0.434 e. The number of carbonyl (C=O) groups is 1. The fourth-order valence-electron chi connectivity index (χ4n) is 2.30. The van der Waals surface area contributed by atoms with E-state index in [4.69, 9.17) is 4.42 Å². The molecule has 122 valence electrons. The number of fused-ring (bicyclic) bond motifs is 1. The lowest BCUT2D eigenvalue weighted by atomic mass is 10.1. The van der Waals surface area contributed by atoms with Gasteiger partial charge in [-0.15, -0.1) is 0 Å². The number of para-hydroxylation sites is 1. The molecule has 0 aliphatic rings. The summed E-state index contributed by atoms with van der Waals surface area (Å²) in [6.07, 6.45) is 0. The average molecular weight is 452 g/mol. The fourth-order valence-corrected chi connectivity index (χ4v) is 3.64. The van der Waals surface area contributed by atoms with Crippen LogP contribution in [0.2, 0.25) is 0 Å². The summed E-state index contributed by atoms with van der Waals surface area (Å²) in [5.74, 6) is -0.418. The summed E-state index contributed by atoms with van der Waals surface area (Å²) in [6.45, 7) is 1.89. The molecular weight excluding hydrogens is 440 g/mol. The van der Waals surface area contributed by atoms with Crippen molar-refractivity contribution in [3.05, 3.63) is 68.1 Å². The standard InChI is InChI=1S/C17H12Br2N2O3/c1-9-4-2-3-5-14(9)20-16(22)12-7-10-6-11(18)8-13(19)15(10)24-17(12)21-23/h2-8,23H,1H3,(H,20,22). The number of benzene rings is 2. The number of hydrogen-bond donors (Lipinski definition) is 2. The summed E-state index contributed by atoms with van der Waals surface area (Å²) in [5, 5.41) is 15.8. The first-order chi connectivity index (χ1) is 11.5. The minimum Gasteiger partial charge on any atom is -0.434 e. The first-order valence-electron chi connectivity index (χ1n) is 6.97. The quantitative estimate of drug-likeness (QED) is 0.433. The van der Waals surface area contributed by atoms with Crippen molar-refractivity contribution in [1.29, 1.82) is 0 Å². The smallest absolute Gasteiger partial charge is 0.268 e. The lowest BCUT2D eigenvalue weighted by Gasteiger charge is -2.09. The monoisotopic (exact) mass is 450 g/mol. The highest BCUT2D eigenvalue weighted by Gasteiger charge is 2.15. The van der Waals surface area contributed by atoms with Gasteiger partial charge in [0.1, 0.15) is 5.56 Å². The van der Waals surface area contributed by atoms with Crippen LogP contribution in [-0.2, 0) is 0 Å². The zero-order valence-electron chi connectivity index (χ0n) is 12.5. The number of hydrogen-bond acceptors (Lipinski definition) is 4. The third-order valence-electron chi connectivity index (χ3n) is 3.49. The molecule has 1 aromatic heterocycles. The van der Waals surface area contributed by atoms with E-state index in [9.17, 15) is 10.0 Å². The van der Waals surface area contributed by atoms with E-state index in [0.29, 0.717) is 21.1 Å². The van der Waals surface area contributed by atoms with Gasteiger partial charge in [0, 0.05) is 15.5 Å². The maximum atomic E-state index is 12.6. The van der Waals surface area contributed by atoms with Gasteiger partial charge in [-0.05, 0) is 57.8 Å². The van der Waals surface area contributed by atoms with Crippen molar-refractivity contribution in [2.24, 2.45) is 5.16 Å². The van der Waals surface area contributed by atoms with Crippen molar-refractivity contribution in [2.45, 2.75) is 6.92 Å². The summed E-state index contributed by atoms with van der Waals surface area (Å²) in [5.41, 5.74) is 2.08. The summed E-state index contributed by atoms with van der Waals surface area (Å²) in [6, 6.07) is 12.7. The number of nitrogens with one attached hydrogen (secondary N) is 1. The minimum atomic E-state index is -0.418. The molecule has 1 heterocycles. The number of carbonyl (C=O) groups excluding carboxylic acids is 1. The van der Waals surface area contributed by atoms with Crippen molar-refractivity contribution in [3.8, 4) is 0 Å². The molecule has 1 amide bonds. The fraction of sp³-hybridized carbons (Fsp3) is 0.0588. The zero-order valence-corrected chi connectivity index (χ0v) is 15.7. The van der Waals surface area contributed by atoms with Gasteiger partial charge in [-0.1, -0.05) is 34.1 Å². The number of halogens is 2. The van der Waals surface area contributed by atoms with E-state index < -0.39 is 5.91 Å². The highest BCUT2D eigenvalue weighted by atomic mass is 79.9. The molecule has 3 aromatic rings. The zero-order chi connectivity index (χ0) is 17.3. The summed E-state index contributed by atoms with van der Waals surface area (Å²) in [4.78, 5) is 12.6. The highest BCUT2D eigenvalue weighted by Crippen LogP contribution is 2.28. The van der Waals surface area contributed by atoms with Crippen molar-refractivity contribution in [3.63, 3.8) is 0 Å². The van der Waals surface area contributed by atoms with E-state index in [1.807, 2.05) is 31.2 Å². The first kappa shape index (κ1) is 16.7. The van der Waals surface area contributed by atoms with E-state index in [1.165, 1.54) is 0 Å². The summed E-state index contributed by atoms with van der Waals surface area (Å²) < 4.78 is 7.08. The van der Waals surface area contributed by atoms with Crippen molar-refractivity contribution in [2.75, 3.05) is 5.32 Å². The Morgan fingerprint density at radius 3 is 2.67 bits per heavy atom. The topological polar surface area (TPSA) is 74.8 Å². The SMILES string of the molecule is Cc1ccccc1NC(=O)c1cc2cc(Br)cc(Br)c2oc1=NO. The first-order valence-corrected chi connectivity index (χ1v) is 8.56. The van der Waals surface area contributed by atoms with Crippen molar-refractivity contribution >= 4 is 54.4 Å². The third kappa shape index (κ3) is 3.22. The Balaban J connectivity index is 2.11. The van der Waals surface area contributed by atoms with Crippen molar-refractivity contribution < 1.29 is 14.4 Å². The molecule has 0 saturated carbocycles. The Bertz CT molecular complexity index is 1010. The van der Waals surface area contributed by atoms with Crippen LogP contribution in [0.5, 0.6) is 0 Å². The maximum absolute atomic E-state index is 12.6. The van der Waals surface area contributed by atoms with Gasteiger partial charge in [0.15, 0.2) is 5.58 Å². The molecular formula is C17H12Br2N2O3. The van der Waals surface area contributed by atoms with Gasteiger partial charge in [0.2, 0.25) is 0 Å². The van der Waals surface area contributed by atoms with Crippen LogP contribution in [-0.4, -0.2) is 11.1 Å². The Morgan fingerprint density at radius 1 is 1.21 bits per heavy atom. The number of nitrogens with zero attached hydrogens (tertiary/aromatic N) is 1. The Kier molecular flexibility index (Phi) is 4.73. The van der Waals surface area contributed by atoms with Gasteiger partial charge < -0.3 is 14.9 Å². The van der Waals surface area contributed by atoms with Gasteiger partial charge in [-0.25, -0.2) is 0 Å². The number of amides is 1. The van der Waals surface area contributed by atoms with Crippen LogP contribution in [0.25, 0.3) is 11.0 Å². The molecule has 0 unspecified atom stereocenters. The van der Waals surface area contributed by atoms with E-state index in [1.54, 1.807) is 18.2 Å². The molecule has 5 nitrogen and oxygen atoms in total. The molecule has 0 aliphatic carbocycles.